The summed E-state index contributed by atoms with van der Waals surface area (Å²) in [7, 11) is 1.56. The molecule has 0 aromatic heterocycles. The Morgan fingerprint density at radius 1 is 1.29 bits per heavy atom. The van der Waals surface area contributed by atoms with Crippen molar-refractivity contribution in [2.24, 2.45) is 15.0 Å². The van der Waals surface area contributed by atoms with Crippen molar-refractivity contribution in [1.29, 1.82) is 0 Å². The Bertz CT molecular complexity index is 1010. The maximum atomic E-state index is 12.6. The number of anilines is 1. The smallest absolute Gasteiger partial charge is 0.260 e. The molecule has 4 rings (SSSR count). The van der Waals surface area contributed by atoms with Crippen LogP contribution in [-0.4, -0.2) is 24.7 Å². The molecule has 1 amide bonds. The zero-order valence-corrected chi connectivity index (χ0v) is 14.9. The first-order valence-corrected chi connectivity index (χ1v) is 8.75. The Morgan fingerprint density at radius 3 is 3.00 bits per heavy atom. The molecular formula is C16H11BrN4O2S. The van der Waals surface area contributed by atoms with Crippen LogP contribution in [0.25, 0.3) is 0 Å². The van der Waals surface area contributed by atoms with Crippen molar-refractivity contribution in [2.75, 3.05) is 12.4 Å². The van der Waals surface area contributed by atoms with Crippen LogP contribution >= 0.6 is 27.7 Å². The first-order chi connectivity index (χ1) is 11.7. The molecule has 24 heavy (non-hydrogen) atoms. The lowest BCUT2D eigenvalue weighted by Gasteiger charge is -2.12. The van der Waals surface area contributed by atoms with Gasteiger partial charge in [0, 0.05) is 9.37 Å². The minimum absolute atomic E-state index is 0.208. The predicted octanol–water partition coefficient (Wildman–Crippen LogP) is 2.44. The number of amides is 1. The van der Waals surface area contributed by atoms with Crippen molar-refractivity contribution in [3.63, 3.8) is 0 Å². The van der Waals surface area contributed by atoms with E-state index in [0.717, 1.165) is 25.8 Å². The van der Waals surface area contributed by atoms with E-state index >= 15 is 0 Å². The summed E-state index contributed by atoms with van der Waals surface area (Å²) >= 11 is 4.79. The van der Waals surface area contributed by atoms with Gasteiger partial charge in [-0.1, -0.05) is 27.7 Å². The lowest BCUT2D eigenvalue weighted by molar-refractivity contribution is -0.115. The molecule has 2 aromatic rings. The van der Waals surface area contributed by atoms with E-state index in [1.165, 1.54) is 18.1 Å². The molecule has 2 heterocycles. The number of nitrogens with zero attached hydrogens (tertiary/aromatic N) is 3. The lowest BCUT2D eigenvalue weighted by atomic mass is 10.3. The van der Waals surface area contributed by atoms with Crippen molar-refractivity contribution in [3.05, 3.63) is 45.5 Å². The van der Waals surface area contributed by atoms with Crippen LogP contribution in [0.1, 0.15) is 0 Å². The molecule has 0 aliphatic carbocycles. The first-order valence-electron chi connectivity index (χ1n) is 7.08. The molecule has 8 heteroatoms. The Labute approximate surface area is 149 Å². The fraction of sp³-hybridized carbons (Fsp3) is 0.125. The zero-order chi connectivity index (χ0) is 16.7. The highest BCUT2D eigenvalue weighted by Crippen LogP contribution is 2.31. The van der Waals surface area contributed by atoms with Gasteiger partial charge in [0.1, 0.15) is 22.8 Å². The normalized spacial score (nSPS) is 16.8. The molecule has 0 spiro atoms. The average Bonchev–Trinajstić information content (AvgIpc) is 3.21. The number of nitrogens with one attached hydrogen (secondary N) is 1. The van der Waals surface area contributed by atoms with Gasteiger partial charge in [0.05, 0.1) is 18.5 Å². The highest BCUT2D eigenvalue weighted by molar-refractivity contribution is 9.10. The van der Waals surface area contributed by atoms with Crippen molar-refractivity contribution < 1.29 is 9.53 Å². The molecule has 6 nitrogen and oxygen atoms in total. The topological polar surface area (TPSA) is 75.4 Å². The van der Waals surface area contributed by atoms with Crippen molar-refractivity contribution in [3.8, 4) is 5.75 Å². The number of halogens is 1. The van der Waals surface area contributed by atoms with Crippen LogP contribution in [0.2, 0.25) is 0 Å². The highest BCUT2D eigenvalue weighted by atomic mass is 79.9. The largest absolute Gasteiger partial charge is 0.495 e. The van der Waals surface area contributed by atoms with Crippen molar-refractivity contribution in [1.82, 2.24) is 0 Å². The van der Waals surface area contributed by atoms with E-state index in [2.05, 4.69) is 36.2 Å². The number of methoxy groups -OCH3 is 1. The third-order valence-corrected chi connectivity index (χ3v) is 5.22. The van der Waals surface area contributed by atoms with Gasteiger partial charge in [-0.2, -0.15) is 0 Å². The van der Waals surface area contributed by atoms with Crippen molar-refractivity contribution >= 4 is 51.3 Å². The second-order valence-electron chi connectivity index (χ2n) is 5.09. The molecule has 1 atom stereocenters. The standard InChI is InChI=1S/C16H11BrN4O2S/c1-23-11-4-2-8(17)6-10(11)20-15(22)16-21-14-12(24-16)5-3-9-13(14)19-7-18-9/h2-7,16H,1H3,(H,20,22). The molecule has 0 saturated carbocycles. The number of hydrogen-bond acceptors (Lipinski definition) is 6. The van der Waals surface area contributed by atoms with E-state index in [-0.39, 0.29) is 5.91 Å². The summed E-state index contributed by atoms with van der Waals surface area (Å²) in [6.45, 7) is 0. The predicted molar refractivity (Wildman–Crippen MR) is 95.9 cm³/mol. The summed E-state index contributed by atoms with van der Waals surface area (Å²) in [5, 5.41) is 3.78. The minimum atomic E-state index is -0.564. The fourth-order valence-corrected chi connectivity index (χ4v) is 3.83. The number of thioether (sulfide) groups is 1. The molecule has 0 saturated heterocycles. The van der Waals surface area contributed by atoms with Gasteiger partial charge < -0.3 is 10.1 Å². The third-order valence-electron chi connectivity index (χ3n) is 3.61. The van der Waals surface area contributed by atoms with Gasteiger partial charge in [-0.15, -0.1) is 0 Å². The van der Waals surface area contributed by atoms with E-state index in [9.17, 15) is 4.79 Å². The van der Waals surface area contributed by atoms with Crippen LogP contribution in [-0.2, 0) is 4.79 Å². The first kappa shape index (κ1) is 15.3. The summed E-state index contributed by atoms with van der Waals surface area (Å²) in [5.41, 5.74) is 1.38. The average molecular weight is 403 g/mol. The van der Waals surface area contributed by atoms with E-state index in [0.29, 0.717) is 11.4 Å². The number of aliphatic imine (C=N–C) groups is 1. The van der Waals surface area contributed by atoms with E-state index in [1.54, 1.807) is 19.2 Å². The van der Waals surface area contributed by atoms with E-state index < -0.39 is 5.37 Å². The summed E-state index contributed by atoms with van der Waals surface area (Å²) in [6, 6.07) is 9.25. The SMILES string of the molecule is COc1ccc(Br)cc1NC(=O)C1N=c2c(ccc3c2=NC=N3)S1. The Hall–Kier alpha value is -2.19. The Balaban J connectivity index is 1.63. The quantitative estimate of drug-likeness (QED) is 0.856. The number of fused-ring (bicyclic) bond motifs is 3. The van der Waals surface area contributed by atoms with Gasteiger partial charge in [-0.05, 0) is 30.3 Å². The fourth-order valence-electron chi connectivity index (χ4n) is 2.50. The molecule has 2 aliphatic rings. The number of carbonyl (C=O) groups is 1. The molecular weight excluding hydrogens is 392 g/mol. The molecule has 2 aromatic carbocycles. The van der Waals surface area contributed by atoms with E-state index in [1.807, 2.05) is 18.2 Å². The third kappa shape index (κ3) is 2.61. The summed E-state index contributed by atoms with van der Waals surface area (Å²) in [6.07, 6.45) is 1.50. The van der Waals surface area contributed by atoms with Crippen molar-refractivity contribution in [2.45, 2.75) is 10.3 Å². The van der Waals surface area contributed by atoms with Gasteiger partial charge in [-0.3, -0.25) is 9.79 Å². The number of rotatable bonds is 3. The number of hydrogen-bond donors (Lipinski definition) is 1. The lowest BCUT2D eigenvalue weighted by Crippen LogP contribution is -2.26. The molecule has 2 aliphatic heterocycles. The van der Waals surface area contributed by atoms with Crippen LogP contribution in [0.5, 0.6) is 5.75 Å². The van der Waals surface area contributed by atoms with Gasteiger partial charge >= 0.3 is 0 Å². The van der Waals surface area contributed by atoms with Gasteiger partial charge in [0.15, 0.2) is 5.37 Å². The zero-order valence-electron chi connectivity index (χ0n) is 12.5. The molecule has 0 radical (unpaired) electrons. The molecule has 120 valence electrons. The molecule has 1 N–H and O–H groups in total. The number of benzene rings is 2. The number of carbonyl (C=O) groups excluding carboxylic acids is 1. The van der Waals surface area contributed by atoms with Crippen LogP contribution in [0.4, 0.5) is 11.4 Å². The van der Waals surface area contributed by atoms with Crippen LogP contribution < -0.4 is 20.8 Å². The monoisotopic (exact) mass is 402 g/mol. The van der Waals surface area contributed by atoms with Gasteiger partial charge in [-0.25, -0.2) is 9.98 Å². The van der Waals surface area contributed by atoms with Gasteiger partial charge in [0.2, 0.25) is 0 Å². The van der Waals surface area contributed by atoms with Crippen LogP contribution in [0.15, 0.2) is 54.7 Å². The molecule has 0 fully saturated rings. The Morgan fingerprint density at radius 2 is 2.17 bits per heavy atom. The maximum Gasteiger partial charge on any atom is 0.260 e. The summed E-state index contributed by atoms with van der Waals surface area (Å²) in [4.78, 5) is 26.5. The van der Waals surface area contributed by atoms with Gasteiger partial charge in [0.25, 0.3) is 5.91 Å². The maximum absolute atomic E-state index is 12.6. The molecule has 1 unspecified atom stereocenters. The highest BCUT2D eigenvalue weighted by Gasteiger charge is 2.26. The van der Waals surface area contributed by atoms with Crippen LogP contribution in [0, 0.1) is 0 Å². The second-order valence-corrected chi connectivity index (χ2v) is 7.12. The minimum Gasteiger partial charge on any atom is -0.495 e. The number of ether oxygens (including phenoxy) is 1. The second kappa shape index (κ2) is 6.03. The molecule has 0 bridgehead atoms. The van der Waals surface area contributed by atoms with Crippen LogP contribution in [0.3, 0.4) is 0 Å². The summed E-state index contributed by atoms with van der Waals surface area (Å²) < 4.78 is 6.14. The van der Waals surface area contributed by atoms with E-state index in [4.69, 9.17) is 4.74 Å². The Kier molecular flexibility index (Phi) is 3.85. The summed E-state index contributed by atoms with van der Waals surface area (Å²) in [5.74, 6) is 0.386.